The predicted molar refractivity (Wildman–Crippen MR) is 268 cm³/mol. The van der Waals surface area contributed by atoms with E-state index in [0.717, 1.165) is 70.6 Å². The number of quaternary nitrogens is 1. The van der Waals surface area contributed by atoms with E-state index in [-0.39, 0.29) is 32.0 Å². The van der Waals surface area contributed by atoms with Gasteiger partial charge in [0.25, 0.3) is 7.82 Å². The summed E-state index contributed by atoms with van der Waals surface area (Å²) in [5.74, 6) is -0.846. The number of carbonyl (C=O) groups is 2. The van der Waals surface area contributed by atoms with Crippen LogP contribution in [0.3, 0.4) is 0 Å². The summed E-state index contributed by atoms with van der Waals surface area (Å²) < 4.78 is 34.0. The van der Waals surface area contributed by atoms with Crippen molar-refractivity contribution in [2.24, 2.45) is 0 Å². The fourth-order valence-corrected chi connectivity index (χ4v) is 7.72. The molecule has 0 aliphatic carbocycles. The van der Waals surface area contributed by atoms with E-state index < -0.39 is 26.5 Å². The number of esters is 2. The van der Waals surface area contributed by atoms with E-state index in [0.29, 0.717) is 17.4 Å². The molecule has 0 radical (unpaired) electrons. The Kier molecular flexibility index (Phi) is 44.2. The number of hydrogen-bond donors (Lipinski definition) is 0. The minimum Gasteiger partial charge on any atom is -0.756 e. The maximum Gasteiger partial charge on any atom is 0.306 e. The number of allylic oxidation sites excluding steroid dienone is 10. The summed E-state index contributed by atoms with van der Waals surface area (Å²) in [5.41, 5.74) is 0. The van der Waals surface area contributed by atoms with E-state index >= 15 is 0 Å². The molecule has 0 aromatic carbocycles. The highest BCUT2D eigenvalue weighted by Crippen LogP contribution is 2.38. The number of unbranched alkanes of at least 4 members (excludes halogenated alkanes) is 23. The Balaban J connectivity index is 4.23. The van der Waals surface area contributed by atoms with Crippen LogP contribution in [0.15, 0.2) is 60.8 Å². The molecule has 2 atom stereocenters. The van der Waals surface area contributed by atoms with Crippen LogP contribution in [0, 0.1) is 0 Å². The van der Waals surface area contributed by atoms with Crippen LogP contribution in [-0.4, -0.2) is 70.0 Å². The summed E-state index contributed by atoms with van der Waals surface area (Å²) >= 11 is 0. The van der Waals surface area contributed by atoms with Crippen LogP contribution >= 0.6 is 7.82 Å². The average molecular weight is 920 g/mol. The second-order valence-electron chi connectivity index (χ2n) is 18.5. The fraction of sp³-hybridized carbons (Fsp3) is 0.778. The summed E-state index contributed by atoms with van der Waals surface area (Å²) in [6.07, 6.45) is 56.8. The highest BCUT2D eigenvalue weighted by molar-refractivity contribution is 7.45. The second kappa shape index (κ2) is 45.8. The molecule has 0 heterocycles. The smallest absolute Gasteiger partial charge is 0.306 e. The number of hydrogen-bond acceptors (Lipinski definition) is 8. The van der Waals surface area contributed by atoms with Crippen LogP contribution in [-0.2, 0) is 32.7 Å². The maximum absolute atomic E-state index is 12.7. The molecule has 0 aromatic heterocycles. The van der Waals surface area contributed by atoms with Gasteiger partial charge in [-0.05, 0) is 77.0 Å². The van der Waals surface area contributed by atoms with Crippen LogP contribution in [0.4, 0.5) is 0 Å². The van der Waals surface area contributed by atoms with E-state index in [4.69, 9.17) is 18.5 Å². The number of likely N-dealkylation sites (N-methyl/N-ethyl adjacent to an activating group) is 1. The Morgan fingerprint density at radius 2 is 0.891 bits per heavy atom. The second-order valence-corrected chi connectivity index (χ2v) is 19.9. The molecule has 2 unspecified atom stereocenters. The number of nitrogens with zero attached hydrogens (tertiary/aromatic N) is 1. The Bertz CT molecular complexity index is 1270. The molecule has 0 spiro atoms. The molecule has 0 saturated heterocycles. The first-order chi connectivity index (χ1) is 31.0. The van der Waals surface area contributed by atoms with E-state index in [9.17, 15) is 19.0 Å². The van der Waals surface area contributed by atoms with Crippen molar-refractivity contribution in [2.45, 2.75) is 225 Å². The van der Waals surface area contributed by atoms with Crippen LogP contribution in [0.5, 0.6) is 0 Å². The van der Waals surface area contributed by atoms with Gasteiger partial charge in [-0.15, -0.1) is 0 Å². The quantitative estimate of drug-likeness (QED) is 0.0195. The molecular weight excluding hydrogens is 822 g/mol. The van der Waals surface area contributed by atoms with E-state index in [1.165, 1.54) is 116 Å². The third-order valence-corrected chi connectivity index (χ3v) is 12.0. The van der Waals surface area contributed by atoms with Crippen molar-refractivity contribution in [3.63, 3.8) is 0 Å². The van der Waals surface area contributed by atoms with Gasteiger partial charge in [0.15, 0.2) is 6.10 Å². The molecule has 10 heteroatoms. The monoisotopic (exact) mass is 920 g/mol. The number of carbonyl (C=O) groups excluding carboxylic acids is 2. The number of rotatable bonds is 47. The molecule has 0 fully saturated rings. The summed E-state index contributed by atoms with van der Waals surface area (Å²) in [7, 11) is 1.15. The standard InChI is InChI=1S/C54H98NO8P/c1-6-8-10-12-14-16-18-20-22-24-25-26-27-28-29-31-32-34-36-38-40-42-44-46-53(56)60-50-52(51-62-64(58,59)61-49-48-55(3,4)5)63-54(57)47-45-43-41-39-37-35-33-30-23-21-19-17-15-13-11-9-7-2/h9,11,15,17-18,20-21,23-25,52H,6-8,10,12-14,16,19,22,26-51H2,1-5H3/b11-9-,17-15-,20-18-,23-21-,25-24-. The molecule has 0 saturated carbocycles. The lowest BCUT2D eigenvalue weighted by molar-refractivity contribution is -0.870. The third-order valence-electron chi connectivity index (χ3n) is 11.0. The first kappa shape index (κ1) is 61.7. The maximum atomic E-state index is 12.7. The van der Waals surface area contributed by atoms with Crippen LogP contribution < -0.4 is 4.89 Å². The molecule has 64 heavy (non-hydrogen) atoms. The van der Waals surface area contributed by atoms with Gasteiger partial charge < -0.3 is 27.9 Å². The van der Waals surface area contributed by atoms with Gasteiger partial charge in [0.2, 0.25) is 0 Å². The molecule has 372 valence electrons. The highest BCUT2D eigenvalue weighted by atomic mass is 31.2. The van der Waals surface area contributed by atoms with Gasteiger partial charge in [0.1, 0.15) is 19.8 Å². The van der Waals surface area contributed by atoms with Crippen molar-refractivity contribution in [1.82, 2.24) is 0 Å². The highest BCUT2D eigenvalue weighted by Gasteiger charge is 2.21. The van der Waals surface area contributed by atoms with Crippen molar-refractivity contribution in [1.29, 1.82) is 0 Å². The van der Waals surface area contributed by atoms with Crippen molar-refractivity contribution in [3.8, 4) is 0 Å². The zero-order valence-corrected chi connectivity index (χ0v) is 42.9. The van der Waals surface area contributed by atoms with Gasteiger partial charge >= 0.3 is 11.9 Å². The third kappa shape index (κ3) is 49.2. The molecule has 0 aliphatic rings. The van der Waals surface area contributed by atoms with Gasteiger partial charge in [-0.3, -0.25) is 14.2 Å². The summed E-state index contributed by atoms with van der Waals surface area (Å²) in [6, 6.07) is 0. The summed E-state index contributed by atoms with van der Waals surface area (Å²) in [6.45, 7) is 4.11. The normalized spacial score (nSPS) is 13.9. The number of ether oxygens (including phenoxy) is 2. The lowest BCUT2D eigenvalue weighted by Crippen LogP contribution is -2.37. The van der Waals surface area contributed by atoms with E-state index in [2.05, 4.69) is 74.6 Å². The van der Waals surface area contributed by atoms with Gasteiger partial charge in [-0.1, -0.05) is 190 Å². The minimum atomic E-state index is -4.64. The van der Waals surface area contributed by atoms with Gasteiger partial charge in [-0.2, -0.15) is 0 Å². The van der Waals surface area contributed by atoms with Crippen molar-refractivity contribution < 1.29 is 42.1 Å². The Morgan fingerprint density at radius 3 is 1.33 bits per heavy atom. The van der Waals surface area contributed by atoms with Crippen LogP contribution in [0.1, 0.15) is 219 Å². The summed E-state index contributed by atoms with van der Waals surface area (Å²) in [5, 5.41) is 0. The van der Waals surface area contributed by atoms with Crippen LogP contribution in [0.2, 0.25) is 0 Å². The lowest BCUT2D eigenvalue weighted by atomic mass is 10.0. The first-order valence-corrected chi connectivity index (χ1v) is 27.5. The fourth-order valence-electron chi connectivity index (χ4n) is 6.99. The lowest BCUT2D eigenvalue weighted by Gasteiger charge is -2.28. The van der Waals surface area contributed by atoms with Gasteiger partial charge in [0.05, 0.1) is 27.7 Å². The zero-order chi connectivity index (χ0) is 47.1. The van der Waals surface area contributed by atoms with Crippen molar-refractivity contribution in [2.75, 3.05) is 47.5 Å². The molecule has 0 aliphatic heterocycles. The molecule has 0 rings (SSSR count). The largest absolute Gasteiger partial charge is 0.756 e. The van der Waals surface area contributed by atoms with Gasteiger partial charge in [-0.25, -0.2) is 0 Å². The van der Waals surface area contributed by atoms with E-state index in [1.54, 1.807) is 0 Å². The Morgan fingerprint density at radius 1 is 0.500 bits per heavy atom. The summed E-state index contributed by atoms with van der Waals surface area (Å²) in [4.78, 5) is 37.7. The molecule has 0 bridgehead atoms. The Labute approximate surface area is 394 Å². The zero-order valence-electron chi connectivity index (χ0n) is 42.0. The minimum absolute atomic E-state index is 0.0352. The Hall–Kier alpha value is -2.29. The van der Waals surface area contributed by atoms with Gasteiger partial charge in [0, 0.05) is 12.8 Å². The molecular formula is C54H98NO8P. The average Bonchev–Trinajstić information content (AvgIpc) is 3.25. The molecule has 0 aromatic rings. The van der Waals surface area contributed by atoms with Crippen molar-refractivity contribution >= 4 is 19.8 Å². The first-order valence-electron chi connectivity index (χ1n) is 26.0. The topological polar surface area (TPSA) is 111 Å². The van der Waals surface area contributed by atoms with Crippen molar-refractivity contribution in [3.05, 3.63) is 60.8 Å². The number of phosphoric ester groups is 1. The molecule has 9 nitrogen and oxygen atoms in total. The van der Waals surface area contributed by atoms with E-state index in [1.807, 2.05) is 21.1 Å². The predicted octanol–water partition coefficient (Wildman–Crippen LogP) is 15.0. The van der Waals surface area contributed by atoms with Crippen LogP contribution in [0.25, 0.3) is 0 Å². The molecule has 0 amide bonds. The SMILES string of the molecule is CC/C=C\C/C=C\C/C=C\CCCCCCCCCC(=O)OC(COC(=O)CCCCCCCCCCCCC/C=C\C/C=C\CCCCCCC)COP(=O)([O-])OCC[N+](C)(C)C. The molecule has 0 N–H and O–H groups in total. The number of phosphoric acid groups is 1.